The Balaban J connectivity index is 1.86. The largest absolute Gasteiger partial charge is 0.344 e. The SMILES string of the molecule is CCC(NC(=O)c1ccccc1-c1ncn[nH]1)c1ncc(C)[nH]1. The Hall–Kier alpha value is -2.96. The van der Waals surface area contributed by atoms with Crippen molar-refractivity contribution < 1.29 is 4.79 Å². The van der Waals surface area contributed by atoms with Gasteiger partial charge in [0.25, 0.3) is 5.91 Å². The van der Waals surface area contributed by atoms with Crippen LogP contribution in [0.15, 0.2) is 36.8 Å². The summed E-state index contributed by atoms with van der Waals surface area (Å²) in [6.45, 7) is 3.94. The van der Waals surface area contributed by atoms with Crippen molar-refractivity contribution in [3.63, 3.8) is 0 Å². The van der Waals surface area contributed by atoms with Gasteiger partial charge in [0.05, 0.1) is 11.6 Å². The van der Waals surface area contributed by atoms with Crippen LogP contribution in [0, 0.1) is 6.92 Å². The fourth-order valence-corrected chi connectivity index (χ4v) is 2.43. The van der Waals surface area contributed by atoms with E-state index in [1.165, 1.54) is 6.33 Å². The topological polar surface area (TPSA) is 99.3 Å². The van der Waals surface area contributed by atoms with Crippen LogP contribution >= 0.6 is 0 Å². The van der Waals surface area contributed by atoms with Crippen molar-refractivity contribution in [2.45, 2.75) is 26.3 Å². The monoisotopic (exact) mass is 310 g/mol. The van der Waals surface area contributed by atoms with Crippen LogP contribution in [-0.2, 0) is 0 Å². The van der Waals surface area contributed by atoms with Crippen molar-refractivity contribution in [2.75, 3.05) is 0 Å². The average Bonchev–Trinajstić information content (AvgIpc) is 3.24. The number of amides is 1. The first-order valence-electron chi connectivity index (χ1n) is 7.46. The molecule has 0 bridgehead atoms. The molecule has 7 nitrogen and oxygen atoms in total. The molecule has 1 aromatic carbocycles. The molecule has 0 radical (unpaired) electrons. The van der Waals surface area contributed by atoms with Gasteiger partial charge >= 0.3 is 0 Å². The Morgan fingerprint density at radius 3 is 2.78 bits per heavy atom. The second kappa shape index (κ2) is 6.43. The molecule has 0 saturated carbocycles. The second-order valence-electron chi connectivity index (χ2n) is 5.27. The van der Waals surface area contributed by atoms with Gasteiger partial charge in [-0.05, 0) is 19.4 Å². The molecule has 0 aliphatic rings. The average molecular weight is 310 g/mol. The summed E-state index contributed by atoms with van der Waals surface area (Å²) < 4.78 is 0. The summed E-state index contributed by atoms with van der Waals surface area (Å²) in [5.41, 5.74) is 2.23. The summed E-state index contributed by atoms with van der Waals surface area (Å²) in [4.78, 5) is 24.3. The van der Waals surface area contributed by atoms with Crippen LogP contribution in [0.3, 0.4) is 0 Å². The molecule has 3 rings (SSSR count). The number of H-pyrrole nitrogens is 2. The van der Waals surface area contributed by atoms with Gasteiger partial charge in [0, 0.05) is 17.5 Å². The molecule has 1 atom stereocenters. The number of aromatic amines is 2. The second-order valence-corrected chi connectivity index (χ2v) is 5.27. The first-order chi connectivity index (χ1) is 11.2. The molecule has 0 saturated heterocycles. The zero-order chi connectivity index (χ0) is 16.2. The zero-order valence-corrected chi connectivity index (χ0v) is 13.0. The fourth-order valence-electron chi connectivity index (χ4n) is 2.43. The lowest BCUT2D eigenvalue weighted by atomic mass is 10.1. The number of aryl methyl sites for hydroxylation is 1. The van der Waals surface area contributed by atoms with Gasteiger partial charge in [0.15, 0.2) is 5.82 Å². The van der Waals surface area contributed by atoms with Crippen LogP contribution in [0.5, 0.6) is 0 Å². The number of rotatable bonds is 5. The molecule has 0 spiro atoms. The molecular formula is C16H18N6O. The number of carbonyl (C=O) groups excluding carboxylic acids is 1. The molecule has 1 amide bonds. The highest BCUT2D eigenvalue weighted by Crippen LogP contribution is 2.21. The third-order valence-electron chi connectivity index (χ3n) is 3.61. The van der Waals surface area contributed by atoms with Crippen LogP contribution in [0.25, 0.3) is 11.4 Å². The normalized spacial score (nSPS) is 12.1. The van der Waals surface area contributed by atoms with E-state index in [4.69, 9.17) is 0 Å². The minimum Gasteiger partial charge on any atom is -0.344 e. The van der Waals surface area contributed by atoms with Gasteiger partial charge in [-0.1, -0.05) is 25.1 Å². The molecule has 0 aliphatic carbocycles. The highest BCUT2D eigenvalue weighted by molar-refractivity contribution is 6.00. The maximum absolute atomic E-state index is 12.7. The van der Waals surface area contributed by atoms with E-state index in [1.54, 1.807) is 12.3 Å². The summed E-state index contributed by atoms with van der Waals surface area (Å²) in [5.74, 6) is 1.16. The van der Waals surface area contributed by atoms with E-state index in [-0.39, 0.29) is 11.9 Å². The van der Waals surface area contributed by atoms with Gasteiger partial charge in [-0.2, -0.15) is 5.10 Å². The van der Waals surface area contributed by atoms with Gasteiger partial charge in [-0.3, -0.25) is 9.89 Å². The highest BCUT2D eigenvalue weighted by atomic mass is 16.1. The third kappa shape index (κ3) is 3.13. The molecule has 7 heteroatoms. The molecule has 2 heterocycles. The van der Waals surface area contributed by atoms with Crippen molar-refractivity contribution in [1.29, 1.82) is 0 Å². The Morgan fingerprint density at radius 1 is 1.30 bits per heavy atom. The summed E-state index contributed by atoms with van der Waals surface area (Å²) in [7, 11) is 0. The molecule has 118 valence electrons. The minimum atomic E-state index is -0.169. The summed E-state index contributed by atoms with van der Waals surface area (Å²) >= 11 is 0. The van der Waals surface area contributed by atoms with Crippen molar-refractivity contribution in [1.82, 2.24) is 30.5 Å². The number of carbonyl (C=O) groups is 1. The maximum atomic E-state index is 12.7. The Bertz CT molecular complexity index is 793. The Labute approximate surface area is 133 Å². The quantitative estimate of drug-likeness (QED) is 0.673. The van der Waals surface area contributed by atoms with Crippen molar-refractivity contribution in [3.05, 3.63) is 53.9 Å². The van der Waals surface area contributed by atoms with E-state index < -0.39 is 0 Å². The van der Waals surface area contributed by atoms with E-state index in [9.17, 15) is 4.79 Å². The van der Waals surface area contributed by atoms with Crippen molar-refractivity contribution >= 4 is 5.91 Å². The van der Waals surface area contributed by atoms with Gasteiger partial charge in [0.1, 0.15) is 12.2 Å². The number of aromatic nitrogens is 5. The number of nitrogens with zero attached hydrogens (tertiary/aromatic N) is 3. The standard InChI is InChI=1S/C16H18N6O/c1-3-13(15-17-8-10(2)20-15)21-16(23)12-7-5-4-6-11(12)14-18-9-19-22-14/h4-9,13H,3H2,1-2H3,(H,17,20)(H,21,23)(H,18,19,22). The third-order valence-corrected chi connectivity index (χ3v) is 3.61. The number of hydrogen-bond donors (Lipinski definition) is 3. The van der Waals surface area contributed by atoms with Crippen LogP contribution in [-0.4, -0.2) is 31.1 Å². The fraction of sp³-hybridized carbons (Fsp3) is 0.250. The highest BCUT2D eigenvalue weighted by Gasteiger charge is 2.19. The number of hydrogen-bond acceptors (Lipinski definition) is 4. The molecule has 3 aromatic rings. The predicted octanol–water partition coefficient (Wildman–Crippen LogP) is 2.38. The summed E-state index contributed by atoms with van der Waals surface area (Å²) in [6.07, 6.45) is 3.92. The van der Waals surface area contributed by atoms with Gasteiger partial charge in [-0.25, -0.2) is 9.97 Å². The van der Waals surface area contributed by atoms with Crippen molar-refractivity contribution in [2.24, 2.45) is 0 Å². The van der Waals surface area contributed by atoms with Crippen molar-refractivity contribution in [3.8, 4) is 11.4 Å². The molecule has 2 aromatic heterocycles. The van der Waals surface area contributed by atoms with Gasteiger partial charge in [0.2, 0.25) is 0 Å². The maximum Gasteiger partial charge on any atom is 0.252 e. The van der Waals surface area contributed by atoms with Crippen LogP contribution in [0.4, 0.5) is 0 Å². The Kier molecular flexibility index (Phi) is 4.18. The van der Waals surface area contributed by atoms with E-state index in [1.807, 2.05) is 32.0 Å². The van der Waals surface area contributed by atoms with E-state index in [0.717, 1.165) is 17.9 Å². The minimum absolute atomic E-state index is 0.168. The zero-order valence-electron chi connectivity index (χ0n) is 13.0. The molecule has 3 N–H and O–H groups in total. The molecule has 1 unspecified atom stereocenters. The number of imidazole rings is 1. The molecule has 23 heavy (non-hydrogen) atoms. The van der Waals surface area contributed by atoms with Crippen LogP contribution in [0.1, 0.15) is 41.3 Å². The Morgan fingerprint density at radius 2 is 2.13 bits per heavy atom. The lowest BCUT2D eigenvalue weighted by Crippen LogP contribution is -2.29. The summed E-state index contributed by atoms with van der Waals surface area (Å²) in [5, 5.41) is 9.66. The lowest BCUT2D eigenvalue weighted by Gasteiger charge is -2.16. The molecule has 0 fully saturated rings. The summed E-state index contributed by atoms with van der Waals surface area (Å²) in [6, 6.07) is 7.13. The molecular weight excluding hydrogens is 292 g/mol. The number of nitrogens with one attached hydrogen (secondary N) is 3. The van der Waals surface area contributed by atoms with E-state index in [2.05, 4.69) is 30.5 Å². The number of benzene rings is 1. The van der Waals surface area contributed by atoms with Crippen LogP contribution in [0.2, 0.25) is 0 Å². The molecule has 0 aliphatic heterocycles. The van der Waals surface area contributed by atoms with Gasteiger partial charge < -0.3 is 10.3 Å². The lowest BCUT2D eigenvalue weighted by molar-refractivity contribution is 0.0934. The van der Waals surface area contributed by atoms with Crippen LogP contribution < -0.4 is 5.32 Å². The van der Waals surface area contributed by atoms with E-state index in [0.29, 0.717) is 17.0 Å². The predicted molar refractivity (Wildman–Crippen MR) is 85.6 cm³/mol. The first-order valence-corrected chi connectivity index (χ1v) is 7.46. The first kappa shape index (κ1) is 15.0. The van der Waals surface area contributed by atoms with E-state index >= 15 is 0 Å². The van der Waals surface area contributed by atoms with Gasteiger partial charge in [-0.15, -0.1) is 0 Å². The smallest absolute Gasteiger partial charge is 0.252 e.